The first-order valence-corrected chi connectivity index (χ1v) is 7.90. The minimum Gasteiger partial charge on any atom is -0.390 e. The van der Waals surface area contributed by atoms with Gasteiger partial charge < -0.3 is 9.84 Å². The third-order valence-corrected chi connectivity index (χ3v) is 4.85. The van der Waals surface area contributed by atoms with Crippen LogP contribution in [-0.2, 0) is 11.3 Å². The minimum absolute atomic E-state index is 0.231. The molecule has 3 nitrogen and oxygen atoms in total. The molecule has 0 aromatic heterocycles. The molecule has 1 aromatic carbocycles. The molecule has 3 rings (SSSR count). The van der Waals surface area contributed by atoms with E-state index in [1.807, 2.05) is 6.92 Å². The second kappa shape index (κ2) is 5.87. The standard InChI is InChI=1S/C17H23F2NO2/c1-16(21)4-7-22-17(12-16)2-5-20(6-3-17)11-13-8-14(18)10-15(19)9-13/h8-10,21H,2-7,11-12H2,1H3. The zero-order valence-electron chi connectivity index (χ0n) is 12.9. The Balaban J connectivity index is 1.60. The third-order valence-electron chi connectivity index (χ3n) is 4.85. The normalized spacial score (nSPS) is 28.9. The topological polar surface area (TPSA) is 32.7 Å². The first kappa shape index (κ1) is 15.8. The van der Waals surface area contributed by atoms with Crippen molar-refractivity contribution in [2.24, 2.45) is 0 Å². The number of halogens is 2. The number of piperidine rings is 1. The van der Waals surface area contributed by atoms with Crippen LogP contribution in [0.3, 0.4) is 0 Å². The van der Waals surface area contributed by atoms with E-state index in [0.29, 0.717) is 31.6 Å². The smallest absolute Gasteiger partial charge is 0.126 e. The maximum Gasteiger partial charge on any atom is 0.126 e. The van der Waals surface area contributed by atoms with Crippen molar-refractivity contribution in [2.75, 3.05) is 19.7 Å². The molecule has 1 spiro atoms. The second-order valence-corrected chi connectivity index (χ2v) is 7.01. The van der Waals surface area contributed by atoms with E-state index < -0.39 is 17.2 Å². The Bertz CT molecular complexity index is 519. The van der Waals surface area contributed by atoms with Gasteiger partial charge in [0.1, 0.15) is 11.6 Å². The van der Waals surface area contributed by atoms with Gasteiger partial charge in [-0.15, -0.1) is 0 Å². The predicted molar refractivity (Wildman–Crippen MR) is 79.4 cm³/mol. The van der Waals surface area contributed by atoms with Crippen molar-refractivity contribution in [3.8, 4) is 0 Å². The van der Waals surface area contributed by atoms with E-state index in [1.165, 1.54) is 12.1 Å². The molecular weight excluding hydrogens is 288 g/mol. The molecule has 5 heteroatoms. The van der Waals surface area contributed by atoms with Gasteiger partial charge in [-0.05, 0) is 43.9 Å². The number of ether oxygens (including phenoxy) is 1. The van der Waals surface area contributed by atoms with E-state index in [1.54, 1.807) is 0 Å². The first-order valence-electron chi connectivity index (χ1n) is 7.90. The number of rotatable bonds is 2. The van der Waals surface area contributed by atoms with Crippen LogP contribution in [0.25, 0.3) is 0 Å². The Morgan fingerprint density at radius 3 is 2.36 bits per heavy atom. The van der Waals surface area contributed by atoms with Gasteiger partial charge >= 0.3 is 0 Å². The van der Waals surface area contributed by atoms with Crippen LogP contribution in [0.1, 0.15) is 38.2 Å². The number of benzene rings is 1. The molecule has 22 heavy (non-hydrogen) atoms. The molecule has 2 aliphatic heterocycles. The Morgan fingerprint density at radius 1 is 1.14 bits per heavy atom. The average molecular weight is 311 g/mol. The van der Waals surface area contributed by atoms with Gasteiger partial charge in [0.25, 0.3) is 0 Å². The van der Waals surface area contributed by atoms with Gasteiger partial charge in [0.2, 0.25) is 0 Å². The molecule has 0 radical (unpaired) electrons. The summed E-state index contributed by atoms with van der Waals surface area (Å²) in [5.74, 6) is -1.06. The zero-order chi connectivity index (χ0) is 15.8. The van der Waals surface area contributed by atoms with Crippen molar-refractivity contribution in [3.05, 3.63) is 35.4 Å². The van der Waals surface area contributed by atoms with Crippen molar-refractivity contribution in [3.63, 3.8) is 0 Å². The maximum absolute atomic E-state index is 13.2. The first-order chi connectivity index (χ1) is 10.4. The molecule has 0 amide bonds. The van der Waals surface area contributed by atoms with E-state index in [4.69, 9.17) is 4.74 Å². The molecule has 2 aliphatic rings. The van der Waals surface area contributed by atoms with E-state index in [9.17, 15) is 13.9 Å². The van der Waals surface area contributed by atoms with Gasteiger partial charge in [0.15, 0.2) is 0 Å². The lowest BCUT2D eigenvalue weighted by molar-refractivity contribution is -0.173. The van der Waals surface area contributed by atoms with Gasteiger partial charge in [-0.2, -0.15) is 0 Å². The van der Waals surface area contributed by atoms with Crippen LogP contribution in [-0.4, -0.2) is 40.9 Å². The van der Waals surface area contributed by atoms with Crippen molar-refractivity contribution >= 4 is 0 Å². The van der Waals surface area contributed by atoms with E-state index in [-0.39, 0.29) is 5.60 Å². The number of hydrogen-bond donors (Lipinski definition) is 1. The Morgan fingerprint density at radius 2 is 1.77 bits per heavy atom. The highest BCUT2D eigenvalue weighted by molar-refractivity contribution is 5.18. The number of aliphatic hydroxyl groups is 1. The summed E-state index contributed by atoms with van der Waals surface area (Å²) in [5.41, 5.74) is -0.220. The van der Waals surface area contributed by atoms with Crippen molar-refractivity contribution in [1.82, 2.24) is 4.90 Å². The number of hydrogen-bond acceptors (Lipinski definition) is 3. The summed E-state index contributed by atoms with van der Waals surface area (Å²) in [6.45, 7) is 4.64. The molecule has 122 valence electrons. The molecule has 0 bridgehead atoms. The van der Waals surface area contributed by atoms with Gasteiger partial charge in [0.05, 0.1) is 17.8 Å². The molecule has 0 saturated carbocycles. The van der Waals surface area contributed by atoms with Gasteiger partial charge in [-0.25, -0.2) is 8.78 Å². The van der Waals surface area contributed by atoms with E-state index in [2.05, 4.69) is 4.90 Å². The lowest BCUT2D eigenvalue weighted by Gasteiger charge is -2.48. The molecule has 2 heterocycles. The van der Waals surface area contributed by atoms with Crippen LogP contribution in [0.15, 0.2) is 18.2 Å². The predicted octanol–water partition coefficient (Wildman–Crippen LogP) is 2.86. The third kappa shape index (κ3) is 3.65. The largest absolute Gasteiger partial charge is 0.390 e. The molecule has 2 saturated heterocycles. The quantitative estimate of drug-likeness (QED) is 0.911. The summed E-state index contributed by atoms with van der Waals surface area (Å²) in [7, 11) is 0. The lowest BCUT2D eigenvalue weighted by Crippen LogP contribution is -2.53. The molecule has 1 unspecified atom stereocenters. The van der Waals surface area contributed by atoms with E-state index >= 15 is 0 Å². The van der Waals surface area contributed by atoms with Crippen LogP contribution >= 0.6 is 0 Å². The molecule has 0 aliphatic carbocycles. The summed E-state index contributed by atoms with van der Waals surface area (Å²) < 4.78 is 32.5. The van der Waals surface area contributed by atoms with Crippen LogP contribution < -0.4 is 0 Å². The van der Waals surface area contributed by atoms with Crippen molar-refractivity contribution in [2.45, 2.75) is 50.4 Å². The average Bonchev–Trinajstić information content (AvgIpc) is 2.39. The zero-order valence-corrected chi connectivity index (χ0v) is 12.9. The Kier molecular flexibility index (Phi) is 4.23. The number of nitrogens with zero attached hydrogens (tertiary/aromatic N) is 1. The molecule has 1 N–H and O–H groups in total. The second-order valence-electron chi connectivity index (χ2n) is 7.01. The van der Waals surface area contributed by atoms with Crippen molar-refractivity contribution in [1.29, 1.82) is 0 Å². The lowest BCUT2D eigenvalue weighted by atomic mass is 9.78. The van der Waals surface area contributed by atoms with Crippen LogP contribution in [0, 0.1) is 11.6 Å². The van der Waals surface area contributed by atoms with Gasteiger partial charge in [0, 0.05) is 32.1 Å². The fraction of sp³-hybridized carbons (Fsp3) is 0.647. The Hall–Kier alpha value is -1.04. The van der Waals surface area contributed by atoms with Crippen LogP contribution in [0.4, 0.5) is 8.78 Å². The number of likely N-dealkylation sites (tertiary alicyclic amines) is 1. The molecule has 1 aromatic rings. The summed E-state index contributed by atoms with van der Waals surface area (Å²) in [6, 6.07) is 3.66. The van der Waals surface area contributed by atoms with E-state index in [0.717, 1.165) is 32.0 Å². The Labute approximate surface area is 129 Å². The highest BCUT2D eigenvalue weighted by Gasteiger charge is 2.44. The summed E-state index contributed by atoms with van der Waals surface area (Å²) in [5, 5.41) is 10.3. The van der Waals surface area contributed by atoms with Gasteiger partial charge in [-0.3, -0.25) is 4.90 Å². The fourth-order valence-corrected chi connectivity index (χ4v) is 3.72. The highest BCUT2D eigenvalue weighted by Crippen LogP contribution is 2.39. The molecular formula is C17H23F2NO2. The SMILES string of the molecule is CC1(O)CCOC2(CCN(Cc3cc(F)cc(F)c3)CC2)C1. The monoisotopic (exact) mass is 311 g/mol. The fourth-order valence-electron chi connectivity index (χ4n) is 3.72. The van der Waals surface area contributed by atoms with Crippen LogP contribution in [0.2, 0.25) is 0 Å². The summed E-state index contributed by atoms with van der Waals surface area (Å²) >= 11 is 0. The van der Waals surface area contributed by atoms with Crippen molar-refractivity contribution < 1.29 is 18.6 Å². The minimum atomic E-state index is -0.647. The highest BCUT2D eigenvalue weighted by atomic mass is 19.1. The van der Waals surface area contributed by atoms with Gasteiger partial charge in [-0.1, -0.05) is 0 Å². The molecule has 2 fully saturated rings. The summed E-state index contributed by atoms with van der Waals surface area (Å²) in [6.07, 6.45) is 3.05. The molecule has 1 atom stereocenters. The summed E-state index contributed by atoms with van der Waals surface area (Å²) in [4.78, 5) is 2.19. The van der Waals surface area contributed by atoms with Crippen LogP contribution in [0.5, 0.6) is 0 Å². The maximum atomic E-state index is 13.2.